The lowest BCUT2D eigenvalue weighted by Gasteiger charge is -2.22. The Labute approximate surface area is 114 Å². The van der Waals surface area contributed by atoms with Crippen LogP contribution in [-0.2, 0) is 9.53 Å². The topological polar surface area (TPSA) is 50.4 Å². The molecule has 3 unspecified atom stereocenters. The zero-order chi connectivity index (χ0) is 13.8. The SMILES string of the molecule is CC(=O)Nc1cccc(C(C)NC2CCOC2C)c1. The van der Waals surface area contributed by atoms with E-state index in [9.17, 15) is 4.79 Å². The minimum absolute atomic E-state index is 0.0458. The number of anilines is 1. The molecule has 4 nitrogen and oxygen atoms in total. The number of amides is 1. The zero-order valence-corrected chi connectivity index (χ0v) is 11.8. The van der Waals surface area contributed by atoms with Crippen LogP contribution in [0.25, 0.3) is 0 Å². The number of hydrogen-bond acceptors (Lipinski definition) is 3. The van der Waals surface area contributed by atoms with Crippen LogP contribution in [0.3, 0.4) is 0 Å². The Kier molecular flexibility index (Phi) is 4.56. The second-order valence-electron chi connectivity index (χ2n) is 5.17. The van der Waals surface area contributed by atoms with E-state index in [1.54, 1.807) is 0 Å². The van der Waals surface area contributed by atoms with Gasteiger partial charge in [0.2, 0.25) is 5.91 Å². The molecule has 0 aliphatic carbocycles. The van der Waals surface area contributed by atoms with Gasteiger partial charge in [-0.15, -0.1) is 0 Å². The molecule has 1 amide bonds. The molecule has 0 saturated carbocycles. The van der Waals surface area contributed by atoms with E-state index in [2.05, 4.69) is 30.5 Å². The number of nitrogens with one attached hydrogen (secondary N) is 2. The average Bonchev–Trinajstić information content (AvgIpc) is 2.74. The van der Waals surface area contributed by atoms with Gasteiger partial charge < -0.3 is 15.4 Å². The molecule has 1 aromatic carbocycles. The summed E-state index contributed by atoms with van der Waals surface area (Å²) in [5, 5.41) is 6.40. The van der Waals surface area contributed by atoms with Crippen molar-refractivity contribution in [2.75, 3.05) is 11.9 Å². The maximum atomic E-state index is 11.1. The van der Waals surface area contributed by atoms with Crippen molar-refractivity contribution in [2.24, 2.45) is 0 Å². The molecule has 1 aliphatic heterocycles. The summed E-state index contributed by atoms with van der Waals surface area (Å²) in [5.74, 6) is -0.0458. The molecule has 0 aromatic heterocycles. The standard InChI is InChI=1S/C15H22N2O2/c1-10(16-15-7-8-19-11(15)2)13-5-4-6-14(9-13)17-12(3)18/h4-6,9-11,15-16H,7-8H2,1-3H3,(H,17,18). The molecule has 0 spiro atoms. The third-order valence-electron chi connectivity index (χ3n) is 3.55. The molecule has 104 valence electrons. The highest BCUT2D eigenvalue weighted by molar-refractivity contribution is 5.88. The van der Waals surface area contributed by atoms with Crippen LogP contribution in [0.15, 0.2) is 24.3 Å². The predicted octanol–water partition coefficient (Wildman–Crippen LogP) is 2.47. The van der Waals surface area contributed by atoms with Crippen LogP contribution < -0.4 is 10.6 Å². The summed E-state index contributed by atoms with van der Waals surface area (Å²) in [4.78, 5) is 11.1. The molecule has 3 atom stereocenters. The Bertz CT molecular complexity index is 448. The van der Waals surface area contributed by atoms with Crippen LogP contribution in [0.1, 0.15) is 38.8 Å². The van der Waals surface area contributed by atoms with Gasteiger partial charge in [-0.3, -0.25) is 4.79 Å². The quantitative estimate of drug-likeness (QED) is 0.876. The number of benzene rings is 1. The van der Waals surface area contributed by atoms with Gasteiger partial charge in [0.15, 0.2) is 0 Å². The van der Waals surface area contributed by atoms with Crippen LogP contribution >= 0.6 is 0 Å². The first kappa shape index (κ1) is 14.0. The maximum Gasteiger partial charge on any atom is 0.221 e. The minimum Gasteiger partial charge on any atom is -0.377 e. The van der Waals surface area contributed by atoms with Gasteiger partial charge in [-0.05, 0) is 38.0 Å². The number of carbonyl (C=O) groups is 1. The van der Waals surface area contributed by atoms with E-state index in [4.69, 9.17) is 4.74 Å². The summed E-state index contributed by atoms with van der Waals surface area (Å²) in [6, 6.07) is 8.59. The Balaban J connectivity index is 2.01. The van der Waals surface area contributed by atoms with Crippen molar-refractivity contribution in [3.05, 3.63) is 29.8 Å². The van der Waals surface area contributed by atoms with Crippen molar-refractivity contribution in [3.8, 4) is 0 Å². The molecular weight excluding hydrogens is 240 g/mol. The Morgan fingerprint density at radius 1 is 1.47 bits per heavy atom. The van der Waals surface area contributed by atoms with Crippen LogP contribution in [-0.4, -0.2) is 24.7 Å². The largest absolute Gasteiger partial charge is 0.377 e. The van der Waals surface area contributed by atoms with E-state index in [1.807, 2.05) is 18.2 Å². The van der Waals surface area contributed by atoms with E-state index in [1.165, 1.54) is 12.5 Å². The average molecular weight is 262 g/mol. The first-order valence-electron chi connectivity index (χ1n) is 6.81. The maximum absolute atomic E-state index is 11.1. The second-order valence-corrected chi connectivity index (χ2v) is 5.17. The normalized spacial score (nSPS) is 24.2. The van der Waals surface area contributed by atoms with Crippen LogP contribution in [0.4, 0.5) is 5.69 Å². The molecule has 1 heterocycles. The van der Waals surface area contributed by atoms with Crippen molar-refractivity contribution < 1.29 is 9.53 Å². The molecule has 1 fully saturated rings. The molecule has 0 radical (unpaired) electrons. The molecule has 2 N–H and O–H groups in total. The highest BCUT2D eigenvalue weighted by Gasteiger charge is 2.25. The minimum atomic E-state index is -0.0458. The van der Waals surface area contributed by atoms with Gasteiger partial charge in [-0.25, -0.2) is 0 Å². The van der Waals surface area contributed by atoms with Crippen LogP contribution in [0.5, 0.6) is 0 Å². The van der Waals surface area contributed by atoms with Crippen LogP contribution in [0, 0.1) is 0 Å². The fraction of sp³-hybridized carbons (Fsp3) is 0.533. The van der Waals surface area contributed by atoms with Gasteiger partial charge in [0.1, 0.15) is 0 Å². The summed E-state index contributed by atoms with van der Waals surface area (Å²) in [7, 11) is 0. The van der Waals surface area contributed by atoms with Gasteiger partial charge in [0, 0.05) is 31.3 Å². The molecule has 1 aliphatic rings. The van der Waals surface area contributed by atoms with Gasteiger partial charge in [0.05, 0.1) is 6.10 Å². The van der Waals surface area contributed by atoms with E-state index in [0.717, 1.165) is 18.7 Å². The third-order valence-corrected chi connectivity index (χ3v) is 3.55. The molecule has 1 saturated heterocycles. The fourth-order valence-electron chi connectivity index (χ4n) is 2.46. The molecule has 4 heteroatoms. The summed E-state index contributed by atoms with van der Waals surface area (Å²) < 4.78 is 5.56. The number of ether oxygens (including phenoxy) is 1. The summed E-state index contributed by atoms with van der Waals surface area (Å²) >= 11 is 0. The first-order valence-corrected chi connectivity index (χ1v) is 6.81. The van der Waals surface area contributed by atoms with Crippen molar-refractivity contribution in [1.82, 2.24) is 5.32 Å². The molecule has 1 aromatic rings. The highest BCUT2D eigenvalue weighted by Crippen LogP contribution is 2.21. The van der Waals surface area contributed by atoms with E-state index >= 15 is 0 Å². The molecular formula is C15H22N2O2. The van der Waals surface area contributed by atoms with Crippen LogP contribution in [0.2, 0.25) is 0 Å². The zero-order valence-electron chi connectivity index (χ0n) is 11.8. The Hall–Kier alpha value is -1.39. The lowest BCUT2D eigenvalue weighted by Crippen LogP contribution is -2.36. The van der Waals surface area contributed by atoms with Crippen molar-refractivity contribution in [1.29, 1.82) is 0 Å². The van der Waals surface area contributed by atoms with Gasteiger partial charge in [-0.2, -0.15) is 0 Å². The fourth-order valence-corrected chi connectivity index (χ4v) is 2.46. The Morgan fingerprint density at radius 2 is 2.26 bits per heavy atom. The van der Waals surface area contributed by atoms with E-state index < -0.39 is 0 Å². The van der Waals surface area contributed by atoms with E-state index in [0.29, 0.717) is 6.04 Å². The van der Waals surface area contributed by atoms with Gasteiger partial charge >= 0.3 is 0 Å². The monoisotopic (exact) mass is 262 g/mol. The lowest BCUT2D eigenvalue weighted by molar-refractivity contribution is -0.114. The third kappa shape index (κ3) is 3.78. The van der Waals surface area contributed by atoms with Gasteiger partial charge in [0.25, 0.3) is 0 Å². The smallest absolute Gasteiger partial charge is 0.221 e. The second kappa shape index (κ2) is 6.17. The number of carbonyl (C=O) groups excluding carboxylic acids is 1. The number of hydrogen-bond donors (Lipinski definition) is 2. The predicted molar refractivity (Wildman–Crippen MR) is 76.1 cm³/mol. The number of rotatable bonds is 4. The summed E-state index contributed by atoms with van der Waals surface area (Å²) in [5.41, 5.74) is 2.01. The molecule has 2 rings (SSSR count). The van der Waals surface area contributed by atoms with Crippen molar-refractivity contribution >= 4 is 11.6 Å². The Morgan fingerprint density at radius 3 is 2.89 bits per heavy atom. The molecule has 19 heavy (non-hydrogen) atoms. The summed E-state index contributed by atoms with van der Waals surface area (Å²) in [6.45, 7) is 6.59. The first-order chi connectivity index (χ1) is 9.06. The molecule has 0 bridgehead atoms. The lowest BCUT2D eigenvalue weighted by atomic mass is 10.0. The van der Waals surface area contributed by atoms with E-state index in [-0.39, 0.29) is 18.1 Å². The van der Waals surface area contributed by atoms with Crippen molar-refractivity contribution in [3.63, 3.8) is 0 Å². The van der Waals surface area contributed by atoms with Crippen molar-refractivity contribution in [2.45, 2.75) is 45.4 Å². The van der Waals surface area contributed by atoms with Gasteiger partial charge in [-0.1, -0.05) is 12.1 Å². The highest BCUT2D eigenvalue weighted by atomic mass is 16.5. The summed E-state index contributed by atoms with van der Waals surface area (Å²) in [6.07, 6.45) is 1.32.